The van der Waals surface area contributed by atoms with Crippen LogP contribution in [0.25, 0.3) is 0 Å². The Balaban J connectivity index is 2.28. The van der Waals surface area contributed by atoms with Gasteiger partial charge in [-0.2, -0.15) is 5.10 Å². The largest absolute Gasteiger partial charge is 0.384 e. The smallest absolute Gasteiger partial charge is 0.125 e. The minimum atomic E-state index is -0.738. The van der Waals surface area contributed by atoms with Gasteiger partial charge in [0.2, 0.25) is 0 Å². The van der Waals surface area contributed by atoms with E-state index in [-0.39, 0.29) is 5.41 Å². The lowest BCUT2D eigenvalue weighted by Gasteiger charge is -2.20. The van der Waals surface area contributed by atoms with Crippen LogP contribution in [0.3, 0.4) is 0 Å². The van der Waals surface area contributed by atoms with E-state index < -0.39 is 6.10 Å². The number of H-pyrrole nitrogens is 1. The molecular formula is C14H19N3O. The van der Waals surface area contributed by atoms with Crippen molar-refractivity contribution in [2.45, 2.75) is 32.3 Å². The number of benzene rings is 1. The maximum Gasteiger partial charge on any atom is 0.125 e. The summed E-state index contributed by atoms with van der Waals surface area (Å²) in [6.45, 7) is 6.48. The van der Waals surface area contributed by atoms with Gasteiger partial charge in [-0.05, 0) is 16.5 Å². The highest BCUT2D eigenvalue weighted by atomic mass is 16.3. The number of rotatable bonds is 2. The van der Waals surface area contributed by atoms with Crippen LogP contribution in [0, 0.1) is 0 Å². The fourth-order valence-corrected chi connectivity index (χ4v) is 1.87. The number of aromatic amines is 1. The lowest BCUT2D eigenvalue weighted by Crippen LogP contribution is -2.11. The van der Waals surface area contributed by atoms with E-state index in [1.54, 1.807) is 6.20 Å². The number of anilines is 1. The third kappa shape index (κ3) is 2.38. The van der Waals surface area contributed by atoms with Crippen LogP contribution in [0.2, 0.25) is 0 Å². The molecule has 1 heterocycles. The molecule has 0 fully saturated rings. The third-order valence-electron chi connectivity index (χ3n) is 3.09. The molecule has 0 amide bonds. The monoisotopic (exact) mass is 245 g/mol. The first-order chi connectivity index (χ1) is 8.39. The van der Waals surface area contributed by atoms with Crippen LogP contribution in [-0.2, 0) is 5.41 Å². The predicted octanol–water partition coefficient (Wildman–Crippen LogP) is 2.37. The second-order valence-electron chi connectivity index (χ2n) is 5.51. The van der Waals surface area contributed by atoms with Crippen molar-refractivity contribution >= 4 is 5.82 Å². The molecule has 4 N–H and O–H groups in total. The molecule has 0 bridgehead atoms. The molecule has 0 saturated carbocycles. The molecule has 1 aromatic carbocycles. The molecule has 1 aromatic heterocycles. The van der Waals surface area contributed by atoms with Gasteiger partial charge in [0, 0.05) is 5.56 Å². The van der Waals surface area contributed by atoms with Crippen molar-refractivity contribution in [3.05, 3.63) is 47.2 Å². The minimum absolute atomic E-state index is 0.109. The Kier molecular flexibility index (Phi) is 3.13. The average Bonchev–Trinajstić information content (AvgIpc) is 2.73. The van der Waals surface area contributed by atoms with E-state index in [1.165, 1.54) is 5.56 Å². The van der Waals surface area contributed by atoms with E-state index in [4.69, 9.17) is 5.73 Å². The zero-order valence-corrected chi connectivity index (χ0v) is 10.9. The van der Waals surface area contributed by atoms with Crippen LogP contribution in [-0.4, -0.2) is 15.3 Å². The van der Waals surface area contributed by atoms with Crippen LogP contribution in [0.4, 0.5) is 5.82 Å². The average molecular weight is 245 g/mol. The quantitative estimate of drug-likeness (QED) is 0.760. The summed E-state index contributed by atoms with van der Waals surface area (Å²) in [6, 6.07) is 7.93. The lowest BCUT2D eigenvalue weighted by atomic mass is 9.86. The Hall–Kier alpha value is -1.81. The summed E-state index contributed by atoms with van der Waals surface area (Å²) in [5.74, 6) is 0.405. The van der Waals surface area contributed by atoms with Gasteiger partial charge in [0.25, 0.3) is 0 Å². The van der Waals surface area contributed by atoms with Crippen LogP contribution < -0.4 is 5.73 Å². The predicted molar refractivity (Wildman–Crippen MR) is 72.2 cm³/mol. The van der Waals surface area contributed by atoms with Crippen molar-refractivity contribution in [3.8, 4) is 0 Å². The molecule has 2 aromatic rings. The number of aliphatic hydroxyl groups is 1. The Labute approximate surface area is 107 Å². The highest BCUT2D eigenvalue weighted by molar-refractivity contribution is 5.43. The Morgan fingerprint density at radius 2 is 1.83 bits per heavy atom. The Morgan fingerprint density at radius 1 is 1.22 bits per heavy atom. The standard InChI is InChI=1S/C14H19N3O/c1-14(2,3)10-6-4-9(5-7-10)12(18)11-8-16-17-13(11)15/h4-8,12,18H,1-3H3,(H3,15,16,17). The van der Waals surface area contributed by atoms with Crippen LogP contribution in [0.5, 0.6) is 0 Å². The number of aliphatic hydroxyl groups excluding tert-OH is 1. The molecule has 0 spiro atoms. The maximum absolute atomic E-state index is 10.2. The molecular weight excluding hydrogens is 226 g/mol. The lowest BCUT2D eigenvalue weighted by molar-refractivity contribution is 0.221. The molecule has 0 radical (unpaired) electrons. The van der Waals surface area contributed by atoms with Crippen molar-refractivity contribution in [1.82, 2.24) is 10.2 Å². The van der Waals surface area contributed by atoms with E-state index in [1.807, 2.05) is 24.3 Å². The molecule has 0 aliphatic heterocycles. The maximum atomic E-state index is 10.2. The number of nitrogens with one attached hydrogen (secondary N) is 1. The molecule has 4 nitrogen and oxygen atoms in total. The number of nitrogens with two attached hydrogens (primary N) is 1. The highest BCUT2D eigenvalue weighted by Gasteiger charge is 2.17. The molecule has 0 saturated heterocycles. The van der Waals surface area contributed by atoms with Crippen LogP contribution in [0.1, 0.15) is 43.6 Å². The SMILES string of the molecule is CC(C)(C)c1ccc(C(O)c2cn[nH]c2N)cc1. The molecule has 1 atom stereocenters. The minimum Gasteiger partial charge on any atom is -0.384 e. The Bertz CT molecular complexity index is 523. The number of aromatic nitrogens is 2. The molecule has 2 rings (SSSR count). The fourth-order valence-electron chi connectivity index (χ4n) is 1.87. The molecule has 4 heteroatoms. The molecule has 18 heavy (non-hydrogen) atoms. The first-order valence-corrected chi connectivity index (χ1v) is 5.97. The van der Waals surface area contributed by atoms with Gasteiger partial charge in [-0.1, -0.05) is 45.0 Å². The number of nitrogen functional groups attached to an aromatic ring is 1. The third-order valence-corrected chi connectivity index (χ3v) is 3.09. The molecule has 96 valence electrons. The summed E-state index contributed by atoms with van der Waals surface area (Å²) in [5.41, 5.74) is 8.47. The van der Waals surface area contributed by atoms with Gasteiger partial charge in [-0.3, -0.25) is 5.10 Å². The van der Waals surface area contributed by atoms with Crippen molar-refractivity contribution < 1.29 is 5.11 Å². The molecule has 0 aliphatic rings. The topological polar surface area (TPSA) is 74.9 Å². The highest BCUT2D eigenvalue weighted by Crippen LogP contribution is 2.28. The van der Waals surface area contributed by atoms with Gasteiger partial charge in [0.15, 0.2) is 0 Å². The van der Waals surface area contributed by atoms with Gasteiger partial charge in [-0.25, -0.2) is 0 Å². The number of hydrogen-bond acceptors (Lipinski definition) is 3. The van der Waals surface area contributed by atoms with Crippen molar-refractivity contribution in [2.75, 3.05) is 5.73 Å². The van der Waals surface area contributed by atoms with E-state index >= 15 is 0 Å². The normalized spacial score (nSPS) is 13.6. The van der Waals surface area contributed by atoms with Gasteiger partial charge >= 0.3 is 0 Å². The molecule has 0 aliphatic carbocycles. The number of hydrogen-bond donors (Lipinski definition) is 3. The van der Waals surface area contributed by atoms with E-state index in [9.17, 15) is 5.11 Å². The summed E-state index contributed by atoms with van der Waals surface area (Å²) < 4.78 is 0. The molecule has 1 unspecified atom stereocenters. The van der Waals surface area contributed by atoms with E-state index in [0.717, 1.165) is 5.56 Å². The zero-order chi connectivity index (χ0) is 13.3. The fraction of sp³-hybridized carbons (Fsp3) is 0.357. The van der Waals surface area contributed by atoms with E-state index in [2.05, 4.69) is 31.0 Å². The second kappa shape index (κ2) is 4.46. The summed E-state index contributed by atoms with van der Waals surface area (Å²) in [4.78, 5) is 0. The first-order valence-electron chi connectivity index (χ1n) is 5.97. The number of nitrogens with zero attached hydrogens (tertiary/aromatic N) is 1. The zero-order valence-electron chi connectivity index (χ0n) is 10.9. The van der Waals surface area contributed by atoms with Crippen molar-refractivity contribution in [3.63, 3.8) is 0 Å². The van der Waals surface area contributed by atoms with Gasteiger partial charge in [-0.15, -0.1) is 0 Å². The summed E-state index contributed by atoms with van der Waals surface area (Å²) >= 11 is 0. The Morgan fingerprint density at radius 3 is 2.28 bits per heavy atom. The van der Waals surface area contributed by atoms with Crippen molar-refractivity contribution in [1.29, 1.82) is 0 Å². The van der Waals surface area contributed by atoms with Gasteiger partial charge in [0.1, 0.15) is 11.9 Å². The summed E-state index contributed by atoms with van der Waals surface area (Å²) in [5, 5.41) is 16.7. The summed E-state index contributed by atoms with van der Waals surface area (Å²) in [7, 11) is 0. The van der Waals surface area contributed by atoms with Crippen LogP contribution in [0.15, 0.2) is 30.5 Å². The van der Waals surface area contributed by atoms with Gasteiger partial charge < -0.3 is 10.8 Å². The summed E-state index contributed by atoms with van der Waals surface area (Å²) in [6.07, 6.45) is 0.815. The van der Waals surface area contributed by atoms with Crippen LogP contribution >= 0.6 is 0 Å². The first kappa shape index (κ1) is 12.6. The van der Waals surface area contributed by atoms with E-state index in [0.29, 0.717) is 11.4 Å². The second-order valence-corrected chi connectivity index (χ2v) is 5.51. The van der Waals surface area contributed by atoms with Gasteiger partial charge in [0.05, 0.1) is 6.20 Å². The van der Waals surface area contributed by atoms with Crippen molar-refractivity contribution in [2.24, 2.45) is 0 Å².